The first kappa shape index (κ1) is 11.8. The van der Waals surface area contributed by atoms with E-state index in [2.05, 4.69) is 15.5 Å². The van der Waals surface area contributed by atoms with Gasteiger partial charge in [0.2, 0.25) is 5.91 Å². The van der Waals surface area contributed by atoms with Gasteiger partial charge in [-0.1, -0.05) is 0 Å². The smallest absolute Gasteiger partial charge is 0.233 e. The van der Waals surface area contributed by atoms with Gasteiger partial charge in [-0.25, -0.2) is 0 Å². The fraction of sp³-hybridized carbons (Fsp3) is 0.889. The Morgan fingerprint density at radius 3 is 2.79 bits per heavy atom. The lowest BCUT2D eigenvalue weighted by Gasteiger charge is -2.25. The van der Waals surface area contributed by atoms with Gasteiger partial charge in [-0.15, -0.1) is 0 Å². The average Bonchev–Trinajstić information content (AvgIpc) is 2.20. The molecule has 1 fully saturated rings. The molecule has 1 aliphatic heterocycles. The third-order valence-corrected chi connectivity index (χ3v) is 3.13. The van der Waals surface area contributed by atoms with Crippen molar-refractivity contribution in [1.29, 1.82) is 0 Å². The number of hydrogen-bond acceptors (Lipinski definition) is 4. The van der Waals surface area contributed by atoms with Crippen molar-refractivity contribution in [2.75, 3.05) is 51.3 Å². The molecule has 0 aliphatic carbocycles. The van der Waals surface area contributed by atoms with Crippen LogP contribution in [0.2, 0.25) is 0 Å². The molecular weight excluding hydrogens is 198 g/mol. The van der Waals surface area contributed by atoms with E-state index in [-0.39, 0.29) is 5.91 Å². The van der Waals surface area contributed by atoms with Gasteiger partial charge in [-0.05, 0) is 7.05 Å². The van der Waals surface area contributed by atoms with Crippen LogP contribution in [-0.2, 0) is 4.79 Å². The zero-order valence-electron chi connectivity index (χ0n) is 8.71. The molecule has 0 aromatic rings. The maximum Gasteiger partial charge on any atom is 0.233 e. The summed E-state index contributed by atoms with van der Waals surface area (Å²) < 4.78 is 0. The Balaban J connectivity index is 1.99. The molecule has 82 valence electrons. The third kappa shape index (κ3) is 4.83. The van der Waals surface area contributed by atoms with Crippen LogP contribution in [0.25, 0.3) is 0 Å². The van der Waals surface area contributed by atoms with Crippen LogP contribution < -0.4 is 10.6 Å². The van der Waals surface area contributed by atoms with E-state index in [1.54, 1.807) is 7.05 Å². The molecule has 1 amide bonds. The molecule has 0 bridgehead atoms. The minimum Gasteiger partial charge on any atom is -0.354 e. The molecule has 1 heterocycles. The van der Waals surface area contributed by atoms with Gasteiger partial charge in [-0.2, -0.15) is 11.8 Å². The predicted molar refractivity (Wildman–Crippen MR) is 60.7 cm³/mol. The first-order chi connectivity index (χ1) is 6.83. The van der Waals surface area contributed by atoms with Gasteiger partial charge >= 0.3 is 0 Å². The van der Waals surface area contributed by atoms with E-state index >= 15 is 0 Å². The highest BCUT2D eigenvalue weighted by atomic mass is 32.2. The van der Waals surface area contributed by atoms with Crippen molar-refractivity contribution in [2.45, 2.75) is 0 Å². The summed E-state index contributed by atoms with van der Waals surface area (Å²) in [4.78, 5) is 13.5. The number of amides is 1. The highest BCUT2D eigenvalue weighted by Gasteiger charge is 2.09. The number of thioether (sulfide) groups is 1. The molecule has 0 aromatic heterocycles. The standard InChI is InChI=1S/C9H19N3OS/c1-10-8-9(13)11-2-3-12-4-6-14-7-5-12/h10H,2-8H2,1H3,(H,11,13). The molecular formula is C9H19N3OS. The maximum absolute atomic E-state index is 11.1. The van der Waals surface area contributed by atoms with Crippen LogP contribution in [0.4, 0.5) is 0 Å². The molecule has 0 aromatic carbocycles. The summed E-state index contributed by atoms with van der Waals surface area (Å²) in [7, 11) is 1.78. The van der Waals surface area contributed by atoms with Crippen LogP contribution >= 0.6 is 11.8 Å². The third-order valence-electron chi connectivity index (χ3n) is 2.19. The zero-order valence-corrected chi connectivity index (χ0v) is 9.53. The van der Waals surface area contributed by atoms with Crippen molar-refractivity contribution in [3.05, 3.63) is 0 Å². The summed E-state index contributed by atoms with van der Waals surface area (Å²) in [5, 5.41) is 5.71. The molecule has 0 unspecified atom stereocenters. The van der Waals surface area contributed by atoms with Gasteiger partial charge in [0.1, 0.15) is 0 Å². The lowest BCUT2D eigenvalue weighted by molar-refractivity contribution is -0.120. The Morgan fingerprint density at radius 2 is 2.14 bits per heavy atom. The number of likely N-dealkylation sites (N-methyl/N-ethyl adjacent to an activating group) is 1. The van der Waals surface area contributed by atoms with Crippen LogP contribution in [0, 0.1) is 0 Å². The number of carbonyl (C=O) groups is 1. The normalized spacial score (nSPS) is 18.1. The fourth-order valence-corrected chi connectivity index (χ4v) is 2.38. The number of nitrogens with zero attached hydrogens (tertiary/aromatic N) is 1. The zero-order chi connectivity index (χ0) is 10.2. The first-order valence-electron chi connectivity index (χ1n) is 5.04. The molecule has 0 radical (unpaired) electrons. The minimum absolute atomic E-state index is 0.0823. The van der Waals surface area contributed by atoms with Crippen molar-refractivity contribution < 1.29 is 4.79 Å². The average molecular weight is 217 g/mol. The van der Waals surface area contributed by atoms with Crippen LogP contribution in [0.15, 0.2) is 0 Å². The molecule has 0 saturated carbocycles. The second-order valence-electron chi connectivity index (χ2n) is 3.33. The highest BCUT2D eigenvalue weighted by molar-refractivity contribution is 7.99. The molecule has 14 heavy (non-hydrogen) atoms. The molecule has 5 heteroatoms. The van der Waals surface area contributed by atoms with E-state index in [1.807, 2.05) is 11.8 Å². The van der Waals surface area contributed by atoms with Crippen molar-refractivity contribution in [3.63, 3.8) is 0 Å². The van der Waals surface area contributed by atoms with E-state index in [0.717, 1.165) is 26.2 Å². The van der Waals surface area contributed by atoms with Gasteiger partial charge < -0.3 is 10.6 Å². The van der Waals surface area contributed by atoms with Crippen LogP contribution in [0.3, 0.4) is 0 Å². The summed E-state index contributed by atoms with van der Waals surface area (Å²) >= 11 is 2.01. The van der Waals surface area contributed by atoms with E-state index < -0.39 is 0 Å². The summed E-state index contributed by atoms with van der Waals surface area (Å²) in [6.07, 6.45) is 0. The van der Waals surface area contributed by atoms with Gasteiger partial charge in [0.15, 0.2) is 0 Å². The summed E-state index contributed by atoms with van der Waals surface area (Å²) in [6, 6.07) is 0. The van der Waals surface area contributed by atoms with E-state index in [0.29, 0.717) is 6.54 Å². The number of rotatable bonds is 5. The molecule has 4 nitrogen and oxygen atoms in total. The Labute approximate surface area is 89.8 Å². The lowest BCUT2D eigenvalue weighted by atomic mass is 10.4. The summed E-state index contributed by atoms with van der Waals surface area (Å²) in [6.45, 7) is 4.48. The van der Waals surface area contributed by atoms with E-state index in [4.69, 9.17) is 0 Å². The summed E-state index contributed by atoms with van der Waals surface area (Å²) in [5.74, 6) is 2.54. The number of nitrogens with one attached hydrogen (secondary N) is 2. The van der Waals surface area contributed by atoms with Crippen LogP contribution in [-0.4, -0.2) is 62.1 Å². The first-order valence-corrected chi connectivity index (χ1v) is 6.20. The SMILES string of the molecule is CNCC(=O)NCCN1CCSCC1. The fourth-order valence-electron chi connectivity index (χ4n) is 1.40. The van der Waals surface area contributed by atoms with Gasteiger partial charge in [0.05, 0.1) is 6.54 Å². The molecule has 1 rings (SSSR count). The Morgan fingerprint density at radius 1 is 1.43 bits per heavy atom. The Hall–Kier alpha value is -0.260. The van der Waals surface area contributed by atoms with Crippen molar-refractivity contribution >= 4 is 17.7 Å². The van der Waals surface area contributed by atoms with Crippen LogP contribution in [0.5, 0.6) is 0 Å². The van der Waals surface area contributed by atoms with Gasteiger partial charge in [0.25, 0.3) is 0 Å². The van der Waals surface area contributed by atoms with Crippen molar-refractivity contribution in [1.82, 2.24) is 15.5 Å². The number of carbonyl (C=O) groups excluding carboxylic acids is 1. The van der Waals surface area contributed by atoms with Crippen LogP contribution in [0.1, 0.15) is 0 Å². The second-order valence-corrected chi connectivity index (χ2v) is 4.56. The molecule has 0 atom stereocenters. The lowest BCUT2D eigenvalue weighted by Crippen LogP contribution is -2.41. The summed E-state index contributed by atoms with van der Waals surface area (Å²) in [5.41, 5.74) is 0. The quantitative estimate of drug-likeness (QED) is 0.644. The largest absolute Gasteiger partial charge is 0.354 e. The minimum atomic E-state index is 0.0823. The highest BCUT2D eigenvalue weighted by Crippen LogP contribution is 2.07. The Bertz CT molecular complexity index is 171. The molecule has 1 aliphatic rings. The Kier molecular flexibility index (Phi) is 5.98. The molecule has 0 spiro atoms. The van der Waals surface area contributed by atoms with E-state index in [9.17, 15) is 4.79 Å². The van der Waals surface area contributed by atoms with Gasteiger partial charge in [-0.3, -0.25) is 9.69 Å². The maximum atomic E-state index is 11.1. The van der Waals surface area contributed by atoms with E-state index in [1.165, 1.54) is 11.5 Å². The monoisotopic (exact) mass is 217 g/mol. The predicted octanol–water partition coefficient (Wildman–Crippen LogP) is -0.629. The molecule has 1 saturated heterocycles. The van der Waals surface area contributed by atoms with Crippen molar-refractivity contribution in [3.8, 4) is 0 Å². The second kappa shape index (κ2) is 7.09. The number of hydrogen-bond donors (Lipinski definition) is 2. The van der Waals surface area contributed by atoms with Crippen molar-refractivity contribution in [2.24, 2.45) is 0 Å². The topological polar surface area (TPSA) is 44.4 Å². The molecule has 2 N–H and O–H groups in total. The van der Waals surface area contributed by atoms with Gasteiger partial charge in [0, 0.05) is 37.7 Å².